The Balaban J connectivity index is 2.22. The van der Waals surface area contributed by atoms with E-state index in [1.54, 1.807) is 0 Å². The molecule has 0 unspecified atom stereocenters. The number of rotatable bonds is 3. The lowest BCUT2D eigenvalue weighted by Crippen LogP contribution is -2.17. The van der Waals surface area contributed by atoms with Gasteiger partial charge in [-0.3, -0.25) is 4.79 Å². The van der Waals surface area contributed by atoms with Crippen LogP contribution >= 0.6 is 0 Å². The SMILES string of the molecule is O=C(O)C1=C(C(=O)Nc2ccc(F)cc2F)CCC1. The van der Waals surface area contributed by atoms with Crippen molar-refractivity contribution >= 4 is 17.6 Å². The summed E-state index contributed by atoms with van der Waals surface area (Å²) in [7, 11) is 0. The Hall–Kier alpha value is -2.24. The topological polar surface area (TPSA) is 66.4 Å². The lowest BCUT2D eigenvalue weighted by Gasteiger charge is -2.08. The van der Waals surface area contributed by atoms with Crippen LogP contribution in [0.2, 0.25) is 0 Å². The average Bonchev–Trinajstić information content (AvgIpc) is 2.82. The highest BCUT2D eigenvalue weighted by atomic mass is 19.1. The number of halogens is 2. The molecule has 1 aliphatic carbocycles. The van der Waals surface area contributed by atoms with E-state index in [-0.39, 0.29) is 16.8 Å². The summed E-state index contributed by atoms with van der Waals surface area (Å²) in [5, 5.41) is 11.2. The first-order valence-corrected chi connectivity index (χ1v) is 5.70. The van der Waals surface area contributed by atoms with Gasteiger partial charge in [-0.25, -0.2) is 13.6 Å². The molecule has 0 radical (unpaired) electrons. The molecule has 1 aromatic rings. The molecular formula is C13H11F2NO3. The van der Waals surface area contributed by atoms with Gasteiger partial charge in [-0.05, 0) is 31.4 Å². The quantitative estimate of drug-likeness (QED) is 0.884. The summed E-state index contributed by atoms with van der Waals surface area (Å²) in [5.74, 6) is -3.44. The standard InChI is InChI=1S/C13H11F2NO3/c14-7-4-5-11(10(15)6-7)16-12(17)8-2-1-3-9(8)13(18)19/h4-6H,1-3H2,(H,16,17)(H,18,19). The third-order valence-electron chi connectivity index (χ3n) is 2.93. The number of nitrogens with one attached hydrogen (secondary N) is 1. The molecule has 6 heteroatoms. The number of carboxylic acid groups (broad SMARTS) is 1. The normalized spacial score (nSPS) is 14.6. The molecule has 0 saturated heterocycles. The molecule has 0 spiro atoms. The minimum absolute atomic E-state index is 0.0556. The van der Waals surface area contributed by atoms with E-state index in [0.29, 0.717) is 25.3 Å². The Morgan fingerprint density at radius 3 is 2.47 bits per heavy atom. The highest BCUT2D eigenvalue weighted by Gasteiger charge is 2.25. The maximum absolute atomic E-state index is 13.4. The largest absolute Gasteiger partial charge is 0.478 e. The number of benzene rings is 1. The molecule has 0 saturated carbocycles. The van der Waals surface area contributed by atoms with E-state index in [1.165, 1.54) is 0 Å². The number of anilines is 1. The molecule has 0 aliphatic heterocycles. The number of hydrogen-bond acceptors (Lipinski definition) is 2. The van der Waals surface area contributed by atoms with Crippen molar-refractivity contribution in [2.75, 3.05) is 5.32 Å². The Bertz CT molecular complexity index is 581. The maximum atomic E-state index is 13.4. The fourth-order valence-corrected chi connectivity index (χ4v) is 2.02. The second-order valence-corrected chi connectivity index (χ2v) is 4.19. The van der Waals surface area contributed by atoms with Gasteiger partial charge in [0.1, 0.15) is 11.6 Å². The molecule has 0 heterocycles. The molecule has 2 rings (SSSR count). The van der Waals surface area contributed by atoms with Gasteiger partial charge in [0.05, 0.1) is 5.69 Å². The summed E-state index contributed by atoms with van der Waals surface area (Å²) in [6.07, 6.45) is 1.25. The molecule has 4 nitrogen and oxygen atoms in total. The van der Waals surface area contributed by atoms with Crippen LogP contribution in [0.4, 0.5) is 14.5 Å². The van der Waals surface area contributed by atoms with E-state index in [2.05, 4.69) is 5.32 Å². The van der Waals surface area contributed by atoms with Crippen LogP contribution < -0.4 is 5.32 Å². The number of carbonyl (C=O) groups is 2. The summed E-state index contributed by atoms with van der Waals surface area (Å²) in [4.78, 5) is 22.8. The second-order valence-electron chi connectivity index (χ2n) is 4.19. The van der Waals surface area contributed by atoms with Crippen molar-refractivity contribution in [2.24, 2.45) is 0 Å². The van der Waals surface area contributed by atoms with Crippen LogP contribution in [0.25, 0.3) is 0 Å². The molecule has 0 bridgehead atoms. The van der Waals surface area contributed by atoms with Crippen molar-refractivity contribution in [1.82, 2.24) is 0 Å². The smallest absolute Gasteiger partial charge is 0.332 e. The molecule has 1 aliphatic rings. The molecule has 1 amide bonds. The summed E-state index contributed by atoms with van der Waals surface area (Å²) in [6, 6.07) is 2.76. The van der Waals surface area contributed by atoms with Gasteiger partial charge in [0.15, 0.2) is 0 Å². The molecule has 19 heavy (non-hydrogen) atoms. The Morgan fingerprint density at radius 2 is 1.84 bits per heavy atom. The Labute approximate surface area is 107 Å². The Morgan fingerprint density at radius 1 is 1.16 bits per heavy atom. The second kappa shape index (κ2) is 5.17. The van der Waals surface area contributed by atoms with Gasteiger partial charge >= 0.3 is 5.97 Å². The van der Waals surface area contributed by atoms with Crippen molar-refractivity contribution < 1.29 is 23.5 Å². The van der Waals surface area contributed by atoms with Crippen LogP contribution in [-0.4, -0.2) is 17.0 Å². The summed E-state index contributed by atoms with van der Waals surface area (Å²) >= 11 is 0. The summed E-state index contributed by atoms with van der Waals surface area (Å²) in [5.41, 5.74) is 0.0341. The molecule has 0 aromatic heterocycles. The van der Waals surface area contributed by atoms with Crippen molar-refractivity contribution in [3.63, 3.8) is 0 Å². The predicted octanol–water partition coefficient (Wildman–Crippen LogP) is 2.47. The fourth-order valence-electron chi connectivity index (χ4n) is 2.02. The molecular weight excluding hydrogens is 256 g/mol. The van der Waals surface area contributed by atoms with Gasteiger partial charge in [-0.2, -0.15) is 0 Å². The first-order valence-electron chi connectivity index (χ1n) is 5.70. The first kappa shape index (κ1) is 13.2. The van der Waals surface area contributed by atoms with Gasteiger partial charge in [0, 0.05) is 17.2 Å². The van der Waals surface area contributed by atoms with E-state index in [0.717, 1.165) is 12.1 Å². The molecule has 0 fully saturated rings. The highest BCUT2D eigenvalue weighted by molar-refractivity contribution is 6.09. The zero-order chi connectivity index (χ0) is 14.0. The van der Waals surface area contributed by atoms with Gasteiger partial charge in [0.25, 0.3) is 5.91 Å². The number of carbonyl (C=O) groups excluding carboxylic acids is 1. The lowest BCUT2D eigenvalue weighted by molar-refractivity contribution is -0.133. The number of hydrogen-bond donors (Lipinski definition) is 2. The van der Waals surface area contributed by atoms with Crippen LogP contribution in [0.15, 0.2) is 29.3 Å². The van der Waals surface area contributed by atoms with Crippen LogP contribution in [0.3, 0.4) is 0 Å². The van der Waals surface area contributed by atoms with Gasteiger partial charge in [0.2, 0.25) is 0 Å². The summed E-state index contributed by atoms with van der Waals surface area (Å²) in [6.45, 7) is 0. The Kier molecular flexibility index (Phi) is 3.59. The maximum Gasteiger partial charge on any atom is 0.332 e. The lowest BCUT2D eigenvalue weighted by atomic mass is 10.1. The number of aliphatic carboxylic acids is 1. The van der Waals surface area contributed by atoms with Crippen molar-refractivity contribution in [3.05, 3.63) is 41.0 Å². The minimum atomic E-state index is -1.14. The molecule has 100 valence electrons. The zero-order valence-corrected chi connectivity index (χ0v) is 9.87. The summed E-state index contributed by atoms with van der Waals surface area (Å²) < 4.78 is 26.1. The van der Waals surface area contributed by atoms with Gasteiger partial charge < -0.3 is 10.4 Å². The molecule has 1 aromatic carbocycles. The van der Waals surface area contributed by atoms with E-state index in [9.17, 15) is 18.4 Å². The minimum Gasteiger partial charge on any atom is -0.478 e. The average molecular weight is 267 g/mol. The third-order valence-corrected chi connectivity index (χ3v) is 2.93. The van der Waals surface area contributed by atoms with Crippen molar-refractivity contribution in [3.8, 4) is 0 Å². The van der Waals surface area contributed by atoms with E-state index in [4.69, 9.17) is 5.11 Å². The molecule has 2 N–H and O–H groups in total. The van der Waals surface area contributed by atoms with Crippen molar-refractivity contribution in [1.29, 1.82) is 0 Å². The third kappa shape index (κ3) is 2.78. The predicted molar refractivity (Wildman–Crippen MR) is 63.5 cm³/mol. The fraction of sp³-hybridized carbons (Fsp3) is 0.231. The van der Waals surface area contributed by atoms with E-state index < -0.39 is 23.5 Å². The number of carboxylic acids is 1. The van der Waals surface area contributed by atoms with Crippen LogP contribution in [0.1, 0.15) is 19.3 Å². The van der Waals surface area contributed by atoms with Gasteiger partial charge in [-0.1, -0.05) is 0 Å². The van der Waals surface area contributed by atoms with Gasteiger partial charge in [-0.15, -0.1) is 0 Å². The van der Waals surface area contributed by atoms with Crippen LogP contribution in [-0.2, 0) is 9.59 Å². The number of amides is 1. The van der Waals surface area contributed by atoms with Crippen LogP contribution in [0, 0.1) is 11.6 Å². The zero-order valence-electron chi connectivity index (χ0n) is 9.87. The first-order chi connectivity index (χ1) is 8.99. The highest BCUT2D eigenvalue weighted by Crippen LogP contribution is 2.27. The van der Waals surface area contributed by atoms with E-state index in [1.807, 2.05) is 0 Å². The molecule has 0 atom stereocenters. The monoisotopic (exact) mass is 267 g/mol. The van der Waals surface area contributed by atoms with Crippen LogP contribution in [0.5, 0.6) is 0 Å². The van der Waals surface area contributed by atoms with E-state index >= 15 is 0 Å². The van der Waals surface area contributed by atoms with Crippen molar-refractivity contribution in [2.45, 2.75) is 19.3 Å².